The van der Waals surface area contributed by atoms with Gasteiger partial charge in [0, 0.05) is 34.7 Å². The molecule has 0 amide bonds. The Hall–Kier alpha value is 1.94. The van der Waals surface area contributed by atoms with Crippen LogP contribution in [0.25, 0.3) is 0 Å². The van der Waals surface area contributed by atoms with Crippen molar-refractivity contribution >= 4 is 0 Å². The second kappa shape index (κ2) is 64.9. The quantitative estimate of drug-likeness (QED) is 0.343. The van der Waals surface area contributed by atoms with Gasteiger partial charge in [0.1, 0.15) is 0 Å². The minimum atomic E-state index is 0. The predicted molar refractivity (Wildman–Crippen MR) is 9.16 cm³/mol. The van der Waals surface area contributed by atoms with Gasteiger partial charge in [-0.05, 0) is 0 Å². The summed E-state index contributed by atoms with van der Waals surface area (Å²) in [6, 6.07) is 0. The zero-order valence-corrected chi connectivity index (χ0v) is 7.81. The summed E-state index contributed by atoms with van der Waals surface area (Å²) < 4.78 is 0. The third-order valence-electron chi connectivity index (χ3n) is 0. The molecule has 0 radical (unpaired) electrons. The normalized spacial score (nSPS) is 0. The summed E-state index contributed by atoms with van der Waals surface area (Å²) in [4.78, 5) is 0. The van der Waals surface area contributed by atoms with Gasteiger partial charge in [0.2, 0.25) is 0 Å². The molecule has 0 saturated carbocycles. The van der Waals surface area contributed by atoms with Gasteiger partial charge in [-0.2, -0.15) is 0 Å². The maximum atomic E-state index is 0. The summed E-state index contributed by atoms with van der Waals surface area (Å²) in [6.07, 6.45) is 0. The van der Waals surface area contributed by atoms with E-state index in [-0.39, 0.29) is 80.7 Å². The predicted octanol–water partition coefficient (Wildman–Crippen LogP) is -4.83. The van der Waals surface area contributed by atoms with Gasteiger partial charge in [0.15, 0.2) is 0 Å². The van der Waals surface area contributed by atoms with E-state index < -0.39 is 0 Å². The van der Waals surface area contributed by atoms with Gasteiger partial charge in [0.05, 0.1) is 0 Å². The first kappa shape index (κ1) is 101. The zero-order chi connectivity index (χ0) is 0. The van der Waals surface area contributed by atoms with E-state index in [2.05, 4.69) is 0 Å². The number of hydrogen-bond acceptors (Lipinski definition) is 1. The molecule has 0 spiro atoms. The summed E-state index contributed by atoms with van der Waals surface area (Å²) in [7, 11) is 0. The summed E-state index contributed by atoms with van der Waals surface area (Å²) in [5.41, 5.74) is 0. The number of rotatable bonds is 0. The molecule has 0 aliphatic carbocycles. The van der Waals surface area contributed by atoms with Crippen LogP contribution in [0.1, 0.15) is 0 Å². The minimum absolute atomic E-state index is 0. The van der Waals surface area contributed by atoms with Crippen LogP contribution < -0.4 is 29.6 Å². The smallest absolute Gasteiger partial charge is 0.870 e. The molecular formula is H5Cr2NaO3. The minimum Gasteiger partial charge on any atom is -0.870 e. The molecule has 0 heterocycles. The van der Waals surface area contributed by atoms with Gasteiger partial charge in [-0.25, -0.2) is 0 Å². The van der Waals surface area contributed by atoms with Crippen LogP contribution in [0, 0.1) is 0 Å². The van der Waals surface area contributed by atoms with E-state index in [1.165, 1.54) is 0 Å². The molecule has 3 nitrogen and oxygen atoms in total. The maximum absolute atomic E-state index is 0. The molecule has 0 aromatic heterocycles. The summed E-state index contributed by atoms with van der Waals surface area (Å²) in [5, 5.41) is 0. The molecule has 6 heteroatoms. The Morgan fingerprint density at radius 3 is 0.667 bits per heavy atom. The molecule has 0 aromatic carbocycles. The van der Waals surface area contributed by atoms with Crippen LogP contribution in [0.5, 0.6) is 0 Å². The first-order valence-corrected chi connectivity index (χ1v) is 0. The van der Waals surface area contributed by atoms with Crippen LogP contribution in [-0.2, 0) is 34.7 Å². The van der Waals surface area contributed by atoms with Crippen molar-refractivity contribution in [3.63, 3.8) is 0 Å². The molecular weight excluding hydrogens is 175 g/mol. The Labute approximate surface area is 80.0 Å². The van der Waals surface area contributed by atoms with E-state index in [4.69, 9.17) is 0 Å². The molecule has 0 aliphatic rings. The summed E-state index contributed by atoms with van der Waals surface area (Å²) in [5.74, 6) is 0. The van der Waals surface area contributed by atoms with E-state index in [1.807, 2.05) is 0 Å². The molecule has 0 rings (SSSR count). The monoisotopic (exact) mass is 180 g/mol. The molecule has 0 aromatic rings. The fourth-order valence-corrected chi connectivity index (χ4v) is 0. The molecule has 0 bridgehead atoms. The third kappa shape index (κ3) is 38.4. The van der Waals surface area contributed by atoms with Crippen molar-refractivity contribution in [3.05, 3.63) is 0 Å². The van der Waals surface area contributed by atoms with Gasteiger partial charge in [-0.3, -0.25) is 0 Å². The molecule has 0 fully saturated rings. The Morgan fingerprint density at radius 1 is 0.667 bits per heavy atom. The Kier molecular flexibility index (Phi) is 1100. The van der Waals surface area contributed by atoms with Gasteiger partial charge in [-0.15, -0.1) is 0 Å². The zero-order valence-electron chi connectivity index (χ0n) is 3.26. The van der Waals surface area contributed by atoms with Crippen molar-refractivity contribution in [2.75, 3.05) is 0 Å². The van der Waals surface area contributed by atoms with Gasteiger partial charge >= 0.3 is 29.6 Å². The molecule has 0 atom stereocenters. The first-order chi connectivity index (χ1) is 0. The molecule has 0 unspecified atom stereocenters. The molecule has 0 saturated heterocycles. The second-order valence-corrected chi connectivity index (χ2v) is 0. The molecule has 0 aliphatic heterocycles. The Balaban J connectivity index is 0. The fourth-order valence-electron chi connectivity index (χ4n) is 0. The van der Waals surface area contributed by atoms with Gasteiger partial charge in [0.25, 0.3) is 0 Å². The van der Waals surface area contributed by atoms with Crippen molar-refractivity contribution in [1.82, 2.24) is 0 Å². The van der Waals surface area contributed by atoms with Crippen molar-refractivity contribution in [3.8, 4) is 0 Å². The Morgan fingerprint density at radius 2 is 0.667 bits per heavy atom. The maximum Gasteiger partial charge on any atom is 1.00 e. The average Bonchev–Trinajstić information content (AvgIpc) is 0. The van der Waals surface area contributed by atoms with E-state index in [9.17, 15) is 0 Å². The molecule has 5 N–H and O–H groups in total. The van der Waals surface area contributed by atoms with Crippen molar-refractivity contribution in [2.24, 2.45) is 0 Å². The van der Waals surface area contributed by atoms with Crippen LogP contribution in [-0.4, -0.2) is 16.4 Å². The largest absolute Gasteiger partial charge is 1.00 e. The van der Waals surface area contributed by atoms with Crippen LogP contribution in [0.15, 0.2) is 0 Å². The van der Waals surface area contributed by atoms with Crippen LogP contribution in [0.2, 0.25) is 0 Å². The average molecular weight is 180 g/mol. The fraction of sp³-hybridized carbons (Fsp3) is 0. The Bertz CT molecular complexity index is 8.75. The standard InChI is InChI=1S/2Cr.Na.3H2O/h;;;3*1H2/q;;+1;;;/p-1. The SMILES string of the molecule is O.O.[Cr].[Cr].[Na+].[OH-]. The first-order valence-electron chi connectivity index (χ1n) is 0. The third-order valence-corrected chi connectivity index (χ3v) is 0. The molecule has 36 valence electrons. The van der Waals surface area contributed by atoms with Crippen LogP contribution in [0.3, 0.4) is 0 Å². The van der Waals surface area contributed by atoms with Crippen molar-refractivity contribution in [1.29, 1.82) is 0 Å². The van der Waals surface area contributed by atoms with E-state index >= 15 is 0 Å². The van der Waals surface area contributed by atoms with E-state index in [0.29, 0.717) is 0 Å². The van der Waals surface area contributed by atoms with Crippen molar-refractivity contribution in [2.45, 2.75) is 0 Å². The summed E-state index contributed by atoms with van der Waals surface area (Å²) in [6.45, 7) is 0. The van der Waals surface area contributed by atoms with Gasteiger partial charge < -0.3 is 16.4 Å². The van der Waals surface area contributed by atoms with Crippen LogP contribution >= 0.6 is 0 Å². The summed E-state index contributed by atoms with van der Waals surface area (Å²) >= 11 is 0. The topological polar surface area (TPSA) is 93.0 Å². The molecule has 6 heavy (non-hydrogen) atoms. The van der Waals surface area contributed by atoms with Crippen LogP contribution in [0.4, 0.5) is 0 Å². The van der Waals surface area contributed by atoms with Crippen molar-refractivity contribution < 1.29 is 80.7 Å². The van der Waals surface area contributed by atoms with Gasteiger partial charge in [-0.1, -0.05) is 0 Å². The number of hydrogen-bond donors (Lipinski definition) is 0. The second-order valence-electron chi connectivity index (χ2n) is 0. The van der Waals surface area contributed by atoms with E-state index in [1.54, 1.807) is 0 Å². The van der Waals surface area contributed by atoms with E-state index in [0.717, 1.165) is 0 Å².